The van der Waals surface area contributed by atoms with E-state index >= 15 is 0 Å². The monoisotopic (exact) mass is 592 g/mol. The summed E-state index contributed by atoms with van der Waals surface area (Å²) < 4.78 is 36.5. The Morgan fingerprint density at radius 2 is 1.50 bits per heavy atom. The Morgan fingerprint density at radius 3 is 2.10 bits per heavy atom. The molecule has 2 aromatic carbocycles. The highest BCUT2D eigenvalue weighted by molar-refractivity contribution is 7.89. The number of aryl methyl sites for hydroxylation is 1. The Bertz CT molecular complexity index is 1540. The van der Waals surface area contributed by atoms with E-state index in [1.807, 2.05) is 31.2 Å². The molecular weight excluding hydrogens is 548 g/mol. The van der Waals surface area contributed by atoms with Gasteiger partial charge in [-0.1, -0.05) is 17.7 Å². The number of nitrogens with zero attached hydrogens (tertiary/aromatic N) is 4. The summed E-state index contributed by atoms with van der Waals surface area (Å²) in [5, 5.41) is 0.993. The normalized spacial score (nSPS) is 23.8. The van der Waals surface area contributed by atoms with Gasteiger partial charge >= 0.3 is 0 Å². The number of hydrogen-bond acceptors (Lipinski definition) is 5. The largest absolute Gasteiger partial charge is 0.490 e. The van der Waals surface area contributed by atoms with E-state index in [1.54, 1.807) is 17.0 Å². The molecule has 1 amide bonds. The van der Waals surface area contributed by atoms with Crippen molar-refractivity contribution < 1.29 is 17.9 Å². The number of piperidine rings is 1. The zero-order valence-electron chi connectivity index (χ0n) is 25.5. The fraction of sp³-hybridized carbons (Fsp3) is 0.545. The van der Waals surface area contributed by atoms with Gasteiger partial charge in [0.1, 0.15) is 17.5 Å². The van der Waals surface area contributed by atoms with Crippen molar-refractivity contribution in [3.8, 4) is 5.75 Å². The first kappa shape index (κ1) is 29.2. The Hall–Kier alpha value is -2.88. The first-order valence-corrected chi connectivity index (χ1v) is 16.9. The summed E-state index contributed by atoms with van der Waals surface area (Å²) >= 11 is 0. The van der Waals surface area contributed by atoms with Gasteiger partial charge in [-0.3, -0.25) is 9.69 Å². The van der Waals surface area contributed by atoms with Crippen LogP contribution >= 0.6 is 0 Å². The maximum Gasteiger partial charge on any atom is 0.270 e. The van der Waals surface area contributed by atoms with Gasteiger partial charge in [-0.05, 0) is 96.7 Å². The molecule has 8 nitrogen and oxygen atoms in total. The quantitative estimate of drug-likeness (QED) is 0.364. The Labute approximate surface area is 250 Å². The SMILES string of the molecule is Cc1ccc(S(=O)(=O)N2CCN(C(=O)c3cc4cc(OC5C[C@H]6CC[C@@H](C5)N6C(C)C)ccc4n3C(C)C)CC2)cc1. The first-order chi connectivity index (χ1) is 20.0. The summed E-state index contributed by atoms with van der Waals surface area (Å²) in [5.74, 6) is 0.798. The third-order valence-corrected chi connectivity index (χ3v) is 11.3. The molecule has 6 rings (SSSR count). The van der Waals surface area contributed by atoms with Gasteiger partial charge < -0.3 is 14.2 Å². The molecule has 3 aromatic rings. The molecule has 0 aliphatic carbocycles. The molecule has 4 heterocycles. The second kappa shape index (κ2) is 11.3. The number of amides is 1. The topological polar surface area (TPSA) is 75.1 Å². The highest BCUT2D eigenvalue weighted by Gasteiger charge is 2.42. The maximum absolute atomic E-state index is 13.8. The number of fused-ring (bicyclic) bond motifs is 3. The van der Waals surface area contributed by atoms with Crippen LogP contribution in [0.1, 0.15) is 75.5 Å². The van der Waals surface area contributed by atoms with E-state index in [0.29, 0.717) is 41.8 Å². The number of rotatable bonds is 7. The summed E-state index contributed by atoms with van der Waals surface area (Å²) in [5.41, 5.74) is 2.66. The third kappa shape index (κ3) is 5.35. The van der Waals surface area contributed by atoms with Crippen molar-refractivity contribution in [3.63, 3.8) is 0 Å². The van der Waals surface area contributed by atoms with Crippen LogP contribution in [-0.2, 0) is 10.0 Å². The van der Waals surface area contributed by atoms with Gasteiger partial charge in [0.15, 0.2) is 0 Å². The fourth-order valence-electron chi connectivity index (χ4n) is 7.46. The number of carbonyl (C=O) groups is 1. The number of benzene rings is 2. The van der Waals surface area contributed by atoms with Gasteiger partial charge in [0, 0.05) is 61.2 Å². The highest BCUT2D eigenvalue weighted by Crippen LogP contribution is 2.39. The average molecular weight is 593 g/mol. The zero-order chi connectivity index (χ0) is 29.8. The van der Waals surface area contributed by atoms with Crippen LogP contribution in [0.2, 0.25) is 0 Å². The first-order valence-electron chi connectivity index (χ1n) is 15.5. The molecule has 1 aromatic heterocycles. The summed E-state index contributed by atoms with van der Waals surface area (Å²) in [6.07, 6.45) is 4.87. The molecule has 0 N–H and O–H groups in total. The minimum absolute atomic E-state index is 0.0626. The average Bonchev–Trinajstić information content (AvgIpc) is 3.48. The molecule has 226 valence electrons. The molecule has 3 aliphatic rings. The van der Waals surface area contributed by atoms with Crippen LogP contribution in [0.4, 0.5) is 0 Å². The van der Waals surface area contributed by atoms with E-state index in [-0.39, 0.29) is 31.1 Å². The predicted molar refractivity (Wildman–Crippen MR) is 166 cm³/mol. The lowest BCUT2D eigenvalue weighted by molar-refractivity contribution is 0.0308. The number of ether oxygens (including phenoxy) is 1. The van der Waals surface area contributed by atoms with Crippen molar-refractivity contribution in [1.82, 2.24) is 18.7 Å². The van der Waals surface area contributed by atoms with Crippen LogP contribution in [-0.4, -0.2) is 83.4 Å². The number of carbonyl (C=O) groups excluding carboxylic acids is 1. The van der Waals surface area contributed by atoms with E-state index < -0.39 is 10.0 Å². The number of piperazine rings is 1. The summed E-state index contributed by atoms with van der Waals surface area (Å²) in [6.45, 7) is 12.0. The van der Waals surface area contributed by atoms with Crippen molar-refractivity contribution in [2.75, 3.05) is 26.2 Å². The maximum atomic E-state index is 13.8. The Kier molecular flexibility index (Phi) is 7.87. The fourth-order valence-corrected chi connectivity index (χ4v) is 8.88. The van der Waals surface area contributed by atoms with E-state index in [2.05, 4.69) is 49.3 Å². The highest BCUT2D eigenvalue weighted by atomic mass is 32.2. The Morgan fingerprint density at radius 1 is 0.857 bits per heavy atom. The van der Waals surface area contributed by atoms with Crippen LogP contribution in [0, 0.1) is 6.92 Å². The molecule has 3 atom stereocenters. The molecule has 3 aliphatic heterocycles. The minimum Gasteiger partial charge on any atom is -0.490 e. The molecule has 2 bridgehead atoms. The zero-order valence-corrected chi connectivity index (χ0v) is 26.3. The van der Waals surface area contributed by atoms with Crippen molar-refractivity contribution in [3.05, 3.63) is 59.8 Å². The summed E-state index contributed by atoms with van der Waals surface area (Å²) in [7, 11) is -3.59. The lowest BCUT2D eigenvalue weighted by Crippen LogP contribution is -2.50. The summed E-state index contributed by atoms with van der Waals surface area (Å²) in [4.78, 5) is 18.6. The van der Waals surface area contributed by atoms with Gasteiger partial charge in [-0.2, -0.15) is 4.31 Å². The minimum atomic E-state index is -3.59. The smallest absolute Gasteiger partial charge is 0.270 e. The molecule has 0 radical (unpaired) electrons. The summed E-state index contributed by atoms with van der Waals surface area (Å²) in [6, 6.07) is 17.0. The molecule has 42 heavy (non-hydrogen) atoms. The lowest BCUT2D eigenvalue weighted by atomic mass is 9.98. The molecule has 9 heteroatoms. The molecular formula is C33H44N4O4S. The van der Waals surface area contributed by atoms with Gasteiger partial charge in [-0.15, -0.1) is 0 Å². The Balaban J connectivity index is 1.17. The molecule has 1 unspecified atom stereocenters. The van der Waals surface area contributed by atoms with E-state index in [9.17, 15) is 13.2 Å². The van der Waals surface area contributed by atoms with Crippen LogP contribution < -0.4 is 4.74 Å². The van der Waals surface area contributed by atoms with Crippen LogP contribution in [0.5, 0.6) is 5.75 Å². The molecule has 0 spiro atoms. The number of sulfonamides is 1. The molecule has 0 saturated carbocycles. The second-order valence-electron chi connectivity index (χ2n) is 12.9. The van der Waals surface area contributed by atoms with Gasteiger partial charge in [0.2, 0.25) is 10.0 Å². The van der Waals surface area contributed by atoms with Gasteiger partial charge in [-0.25, -0.2) is 8.42 Å². The van der Waals surface area contributed by atoms with Crippen LogP contribution in [0.3, 0.4) is 0 Å². The van der Waals surface area contributed by atoms with Crippen molar-refractivity contribution in [2.24, 2.45) is 0 Å². The van der Waals surface area contributed by atoms with E-state index in [0.717, 1.165) is 35.1 Å². The van der Waals surface area contributed by atoms with Crippen LogP contribution in [0.25, 0.3) is 10.9 Å². The number of hydrogen-bond donors (Lipinski definition) is 0. The van der Waals surface area contributed by atoms with Gasteiger partial charge in [0.25, 0.3) is 5.91 Å². The van der Waals surface area contributed by atoms with E-state index in [4.69, 9.17) is 4.74 Å². The van der Waals surface area contributed by atoms with Crippen molar-refractivity contribution in [1.29, 1.82) is 0 Å². The standard InChI is InChI=1S/C33H44N4O4S/c1-22(2)36-26-8-9-27(36)21-29(20-26)41-28-10-13-31-25(18-28)19-32(37(31)23(3)4)33(38)34-14-16-35(17-15-34)42(39,40)30-11-6-24(5)7-12-30/h6-7,10-13,18-19,22-23,26-27,29H,8-9,14-17,20-21H2,1-5H3/t26-,27+,29?. The van der Waals surface area contributed by atoms with Crippen molar-refractivity contribution >= 4 is 26.8 Å². The third-order valence-electron chi connectivity index (χ3n) is 9.38. The molecule has 3 fully saturated rings. The second-order valence-corrected chi connectivity index (χ2v) is 14.8. The molecule has 3 saturated heterocycles. The van der Waals surface area contributed by atoms with E-state index in [1.165, 1.54) is 17.1 Å². The van der Waals surface area contributed by atoms with Gasteiger partial charge in [0.05, 0.1) is 4.90 Å². The lowest BCUT2D eigenvalue weighted by Gasteiger charge is -2.41. The van der Waals surface area contributed by atoms with Crippen LogP contribution in [0.15, 0.2) is 53.4 Å². The predicted octanol–water partition coefficient (Wildman–Crippen LogP) is 5.46. The number of aromatic nitrogens is 1. The van der Waals surface area contributed by atoms with Crippen molar-refractivity contribution in [2.45, 2.75) is 95.5 Å².